The van der Waals surface area contributed by atoms with Crippen molar-refractivity contribution in [3.63, 3.8) is 0 Å². The third-order valence-electron chi connectivity index (χ3n) is 3.99. The second kappa shape index (κ2) is 5.63. The van der Waals surface area contributed by atoms with Crippen molar-refractivity contribution in [1.29, 1.82) is 0 Å². The minimum absolute atomic E-state index is 0.0887. The van der Waals surface area contributed by atoms with E-state index in [0.717, 1.165) is 23.5 Å². The van der Waals surface area contributed by atoms with Crippen LogP contribution in [0.4, 0.5) is 4.39 Å². The molecule has 0 spiro atoms. The van der Waals surface area contributed by atoms with Crippen molar-refractivity contribution in [2.75, 3.05) is 7.05 Å². The van der Waals surface area contributed by atoms with E-state index in [1.54, 1.807) is 6.07 Å². The van der Waals surface area contributed by atoms with Crippen molar-refractivity contribution in [2.45, 2.75) is 45.1 Å². The normalized spacial score (nSPS) is 18.5. The second-order valence-corrected chi connectivity index (χ2v) is 5.24. The maximum absolute atomic E-state index is 13.6. The molecule has 2 heteroatoms. The fourth-order valence-corrected chi connectivity index (χ4v) is 2.83. The predicted octanol–water partition coefficient (Wildman–Crippen LogP) is 3.97. The summed E-state index contributed by atoms with van der Waals surface area (Å²) in [4.78, 5) is 0. The summed E-state index contributed by atoms with van der Waals surface area (Å²) in [5, 5.41) is 3.33. The number of nitrogens with one attached hydrogen (secondary N) is 1. The molecule has 0 amide bonds. The molecule has 94 valence electrons. The van der Waals surface area contributed by atoms with Gasteiger partial charge in [0.15, 0.2) is 0 Å². The van der Waals surface area contributed by atoms with Crippen molar-refractivity contribution < 1.29 is 4.39 Å². The van der Waals surface area contributed by atoms with Crippen LogP contribution >= 0.6 is 0 Å². The lowest BCUT2D eigenvalue weighted by atomic mass is 9.93. The molecule has 0 bridgehead atoms. The Hall–Kier alpha value is -0.890. The summed E-state index contributed by atoms with van der Waals surface area (Å²) in [5.41, 5.74) is 1.81. The van der Waals surface area contributed by atoms with Crippen LogP contribution in [0.25, 0.3) is 0 Å². The Morgan fingerprint density at radius 3 is 2.65 bits per heavy atom. The summed E-state index contributed by atoms with van der Waals surface area (Å²) in [7, 11) is 1.97. The Balaban J connectivity index is 2.08. The summed E-state index contributed by atoms with van der Waals surface area (Å²) >= 11 is 0. The Morgan fingerprint density at radius 1 is 1.35 bits per heavy atom. The molecular weight excluding hydrogens is 213 g/mol. The largest absolute Gasteiger partial charge is 0.313 e. The maximum atomic E-state index is 13.6. The Labute approximate surface area is 103 Å². The molecule has 1 aliphatic carbocycles. The molecule has 0 aliphatic heterocycles. The zero-order chi connectivity index (χ0) is 12.3. The molecule has 17 heavy (non-hydrogen) atoms. The van der Waals surface area contributed by atoms with E-state index in [9.17, 15) is 4.39 Å². The summed E-state index contributed by atoms with van der Waals surface area (Å²) in [6.07, 6.45) is 6.55. The highest BCUT2D eigenvalue weighted by atomic mass is 19.1. The lowest BCUT2D eigenvalue weighted by Gasteiger charge is -2.20. The standard InChI is InChI=1S/C15H22FN/c1-11-7-8-13(10-14(11)16)15(17-2)9-12-5-3-4-6-12/h7-8,10,12,15,17H,3-6,9H2,1-2H3. The Kier molecular flexibility index (Phi) is 4.16. The van der Waals surface area contributed by atoms with Crippen molar-refractivity contribution >= 4 is 0 Å². The molecule has 1 aromatic carbocycles. The van der Waals surface area contributed by atoms with E-state index in [4.69, 9.17) is 0 Å². The number of benzene rings is 1. The molecule has 1 N–H and O–H groups in total. The van der Waals surface area contributed by atoms with Gasteiger partial charge in [0.05, 0.1) is 0 Å². The van der Waals surface area contributed by atoms with E-state index in [2.05, 4.69) is 11.4 Å². The van der Waals surface area contributed by atoms with Gasteiger partial charge >= 0.3 is 0 Å². The van der Waals surface area contributed by atoms with E-state index in [0.29, 0.717) is 6.04 Å². The molecule has 1 fully saturated rings. The van der Waals surface area contributed by atoms with Crippen molar-refractivity contribution in [1.82, 2.24) is 5.32 Å². The Morgan fingerprint density at radius 2 is 2.06 bits per heavy atom. The predicted molar refractivity (Wildman–Crippen MR) is 69.5 cm³/mol. The summed E-state index contributed by atoms with van der Waals surface area (Å²) in [6.45, 7) is 1.81. The second-order valence-electron chi connectivity index (χ2n) is 5.24. The topological polar surface area (TPSA) is 12.0 Å². The van der Waals surface area contributed by atoms with Crippen molar-refractivity contribution in [2.24, 2.45) is 5.92 Å². The molecule has 1 aromatic rings. The number of rotatable bonds is 4. The number of halogens is 1. The van der Waals surface area contributed by atoms with Gasteiger partial charge in [0.1, 0.15) is 5.82 Å². The lowest BCUT2D eigenvalue weighted by Crippen LogP contribution is -2.19. The fraction of sp³-hybridized carbons (Fsp3) is 0.600. The van der Waals surface area contributed by atoms with Crippen molar-refractivity contribution in [3.8, 4) is 0 Å². The summed E-state index contributed by atoms with van der Waals surface area (Å²) in [6, 6.07) is 5.91. The van der Waals surface area contributed by atoms with Crippen LogP contribution in [0, 0.1) is 18.7 Å². The van der Waals surface area contributed by atoms with Gasteiger partial charge in [-0.25, -0.2) is 4.39 Å². The van der Waals surface area contributed by atoms with Crippen LogP contribution < -0.4 is 5.32 Å². The van der Waals surface area contributed by atoms with Gasteiger partial charge in [0, 0.05) is 6.04 Å². The SMILES string of the molecule is CNC(CC1CCCC1)c1ccc(C)c(F)c1. The summed E-state index contributed by atoms with van der Waals surface area (Å²) in [5.74, 6) is 0.728. The Bertz CT molecular complexity index is 369. The van der Waals surface area contributed by atoms with Crippen LogP contribution in [0.3, 0.4) is 0 Å². The monoisotopic (exact) mass is 235 g/mol. The third kappa shape index (κ3) is 3.06. The number of hydrogen-bond acceptors (Lipinski definition) is 1. The molecule has 1 aliphatic rings. The van der Waals surface area contributed by atoms with Crippen LogP contribution in [0.1, 0.15) is 49.3 Å². The average Bonchev–Trinajstić information content (AvgIpc) is 2.82. The molecule has 1 unspecified atom stereocenters. The number of hydrogen-bond donors (Lipinski definition) is 1. The zero-order valence-corrected chi connectivity index (χ0v) is 10.8. The lowest BCUT2D eigenvalue weighted by molar-refractivity contribution is 0.412. The highest BCUT2D eigenvalue weighted by Crippen LogP contribution is 2.33. The van der Waals surface area contributed by atoms with Crippen molar-refractivity contribution in [3.05, 3.63) is 35.1 Å². The minimum atomic E-state index is -0.0887. The maximum Gasteiger partial charge on any atom is 0.126 e. The molecule has 0 saturated heterocycles. The van der Waals surface area contributed by atoms with Crippen LogP contribution in [0.5, 0.6) is 0 Å². The molecule has 1 saturated carbocycles. The average molecular weight is 235 g/mol. The molecule has 2 rings (SSSR count). The van der Waals surface area contributed by atoms with Gasteiger partial charge in [-0.1, -0.05) is 37.8 Å². The smallest absolute Gasteiger partial charge is 0.126 e. The van der Waals surface area contributed by atoms with E-state index < -0.39 is 0 Å². The molecular formula is C15H22FN. The fourth-order valence-electron chi connectivity index (χ4n) is 2.83. The molecule has 0 aromatic heterocycles. The zero-order valence-electron chi connectivity index (χ0n) is 10.8. The van der Waals surface area contributed by atoms with Crippen LogP contribution in [-0.4, -0.2) is 7.05 Å². The first kappa shape index (κ1) is 12.6. The van der Waals surface area contributed by atoms with Gasteiger partial charge < -0.3 is 5.32 Å². The molecule has 0 heterocycles. The van der Waals surface area contributed by atoms with Crippen LogP contribution in [0.15, 0.2) is 18.2 Å². The van der Waals surface area contributed by atoms with Gasteiger partial charge in [0.2, 0.25) is 0 Å². The van der Waals surface area contributed by atoms with E-state index in [1.165, 1.54) is 25.7 Å². The van der Waals surface area contributed by atoms with E-state index >= 15 is 0 Å². The highest BCUT2D eigenvalue weighted by Gasteiger charge is 2.20. The molecule has 0 radical (unpaired) electrons. The van der Waals surface area contributed by atoms with Crippen LogP contribution in [0.2, 0.25) is 0 Å². The minimum Gasteiger partial charge on any atom is -0.313 e. The first-order chi connectivity index (χ1) is 8.20. The van der Waals surface area contributed by atoms with Gasteiger partial charge in [0.25, 0.3) is 0 Å². The summed E-state index contributed by atoms with van der Waals surface area (Å²) < 4.78 is 13.6. The van der Waals surface area contributed by atoms with Crippen LogP contribution in [-0.2, 0) is 0 Å². The van der Waals surface area contributed by atoms with Gasteiger partial charge in [-0.05, 0) is 43.5 Å². The van der Waals surface area contributed by atoms with E-state index in [1.807, 2.05) is 20.0 Å². The number of aryl methyl sites for hydroxylation is 1. The molecule has 1 nitrogen and oxygen atoms in total. The van der Waals surface area contributed by atoms with Gasteiger partial charge in [-0.2, -0.15) is 0 Å². The van der Waals surface area contributed by atoms with E-state index in [-0.39, 0.29) is 5.82 Å². The first-order valence-corrected chi connectivity index (χ1v) is 6.64. The highest BCUT2D eigenvalue weighted by molar-refractivity contribution is 5.25. The van der Waals surface area contributed by atoms with Gasteiger partial charge in [-0.15, -0.1) is 0 Å². The first-order valence-electron chi connectivity index (χ1n) is 6.64. The van der Waals surface area contributed by atoms with Gasteiger partial charge in [-0.3, -0.25) is 0 Å². The third-order valence-corrected chi connectivity index (χ3v) is 3.99. The molecule has 1 atom stereocenters. The quantitative estimate of drug-likeness (QED) is 0.832.